The van der Waals surface area contributed by atoms with Gasteiger partial charge in [-0.05, 0) is 42.9 Å². The standard InChI is InChI=1S/C15H14BrClFNO/c1-19-8-10-7-11(5-6-13(10)16)20-9-12-14(17)3-2-4-15(12)18/h2-7,19H,8-9H2,1H3. The fourth-order valence-electron chi connectivity index (χ4n) is 1.79. The van der Waals surface area contributed by atoms with E-state index in [-0.39, 0.29) is 12.4 Å². The van der Waals surface area contributed by atoms with E-state index in [1.807, 2.05) is 25.2 Å². The topological polar surface area (TPSA) is 21.3 Å². The van der Waals surface area contributed by atoms with Crippen LogP contribution in [0.3, 0.4) is 0 Å². The molecule has 20 heavy (non-hydrogen) atoms. The van der Waals surface area contributed by atoms with Crippen LogP contribution in [0.4, 0.5) is 4.39 Å². The fraction of sp³-hybridized carbons (Fsp3) is 0.200. The van der Waals surface area contributed by atoms with Gasteiger partial charge in [-0.3, -0.25) is 0 Å². The van der Waals surface area contributed by atoms with Gasteiger partial charge >= 0.3 is 0 Å². The molecule has 0 radical (unpaired) electrons. The molecule has 0 bridgehead atoms. The SMILES string of the molecule is CNCc1cc(OCc2c(F)cccc2Cl)ccc1Br. The summed E-state index contributed by atoms with van der Waals surface area (Å²) >= 11 is 9.44. The maximum Gasteiger partial charge on any atom is 0.131 e. The number of ether oxygens (including phenoxy) is 1. The van der Waals surface area contributed by atoms with Crippen LogP contribution >= 0.6 is 27.5 Å². The Morgan fingerprint density at radius 2 is 2.10 bits per heavy atom. The van der Waals surface area contributed by atoms with Gasteiger partial charge in [0.1, 0.15) is 18.2 Å². The number of rotatable bonds is 5. The van der Waals surface area contributed by atoms with Crippen molar-refractivity contribution < 1.29 is 9.13 Å². The number of nitrogens with one attached hydrogen (secondary N) is 1. The summed E-state index contributed by atoms with van der Waals surface area (Å²) in [6.45, 7) is 0.824. The predicted octanol–water partition coefficient (Wildman–Crippen LogP) is 4.54. The molecule has 0 amide bonds. The van der Waals surface area contributed by atoms with E-state index in [1.54, 1.807) is 12.1 Å². The van der Waals surface area contributed by atoms with E-state index in [1.165, 1.54) is 6.07 Å². The lowest BCUT2D eigenvalue weighted by atomic mass is 10.2. The minimum Gasteiger partial charge on any atom is -0.489 e. The average molecular weight is 359 g/mol. The third-order valence-corrected chi connectivity index (χ3v) is 3.96. The Hall–Kier alpha value is -1.10. The second-order valence-electron chi connectivity index (χ2n) is 4.27. The van der Waals surface area contributed by atoms with Gasteiger partial charge in [-0.15, -0.1) is 0 Å². The largest absolute Gasteiger partial charge is 0.489 e. The van der Waals surface area contributed by atoms with Crippen molar-refractivity contribution in [3.63, 3.8) is 0 Å². The van der Waals surface area contributed by atoms with Gasteiger partial charge < -0.3 is 10.1 Å². The molecule has 2 aromatic carbocycles. The van der Waals surface area contributed by atoms with Gasteiger partial charge in [0, 0.05) is 16.6 Å². The molecule has 2 nitrogen and oxygen atoms in total. The van der Waals surface area contributed by atoms with E-state index < -0.39 is 0 Å². The molecule has 0 saturated heterocycles. The van der Waals surface area contributed by atoms with Crippen LogP contribution in [0.5, 0.6) is 5.75 Å². The fourth-order valence-corrected chi connectivity index (χ4v) is 2.40. The summed E-state index contributed by atoms with van der Waals surface area (Å²) in [5.41, 5.74) is 1.44. The second-order valence-corrected chi connectivity index (χ2v) is 5.53. The first-order chi connectivity index (χ1) is 9.61. The Morgan fingerprint density at radius 3 is 2.80 bits per heavy atom. The third kappa shape index (κ3) is 3.72. The summed E-state index contributed by atoms with van der Waals surface area (Å²) in [6, 6.07) is 10.3. The van der Waals surface area contributed by atoms with Crippen LogP contribution in [-0.2, 0) is 13.2 Å². The molecule has 0 unspecified atom stereocenters. The number of hydrogen-bond acceptors (Lipinski definition) is 2. The van der Waals surface area contributed by atoms with Gasteiger partial charge in [-0.25, -0.2) is 4.39 Å². The molecule has 0 spiro atoms. The van der Waals surface area contributed by atoms with Crippen molar-refractivity contribution in [1.29, 1.82) is 0 Å². The molecule has 0 heterocycles. The minimum atomic E-state index is -0.356. The summed E-state index contributed by atoms with van der Waals surface area (Å²) in [4.78, 5) is 0. The molecule has 0 fully saturated rings. The lowest BCUT2D eigenvalue weighted by Crippen LogP contribution is -2.06. The molecule has 1 N–H and O–H groups in total. The second kappa shape index (κ2) is 7.07. The Morgan fingerprint density at radius 1 is 1.30 bits per heavy atom. The van der Waals surface area contributed by atoms with E-state index in [0.717, 1.165) is 16.6 Å². The number of benzene rings is 2. The first-order valence-electron chi connectivity index (χ1n) is 6.10. The zero-order valence-electron chi connectivity index (χ0n) is 10.9. The van der Waals surface area contributed by atoms with Gasteiger partial charge in [0.2, 0.25) is 0 Å². The molecule has 5 heteroatoms. The van der Waals surface area contributed by atoms with Crippen LogP contribution in [0.15, 0.2) is 40.9 Å². The molecule has 0 aromatic heterocycles. The normalized spacial score (nSPS) is 10.6. The molecule has 0 atom stereocenters. The van der Waals surface area contributed by atoms with Gasteiger partial charge in [0.15, 0.2) is 0 Å². The average Bonchev–Trinajstić information content (AvgIpc) is 2.42. The van der Waals surface area contributed by atoms with Gasteiger partial charge in [-0.2, -0.15) is 0 Å². The Balaban J connectivity index is 2.13. The van der Waals surface area contributed by atoms with Gasteiger partial charge in [0.05, 0.1) is 5.02 Å². The molecule has 0 aliphatic carbocycles. The maximum absolute atomic E-state index is 13.6. The molecule has 106 valence electrons. The highest BCUT2D eigenvalue weighted by Gasteiger charge is 2.08. The lowest BCUT2D eigenvalue weighted by Gasteiger charge is -2.11. The van der Waals surface area contributed by atoms with Crippen molar-refractivity contribution in [3.8, 4) is 5.75 Å². The van der Waals surface area contributed by atoms with Crippen LogP contribution < -0.4 is 10.1 Å². The quantitative estimate of drug-likeness (QED) is 0.847. The van der Waals surface area contributed by atoms with Crippen LogP contribution in [0, 0.1) is 5.82 Å². The first-order valence-corrected chi connectivity index (χ1v) is 7.27. The molecule has 0 saturated carbocycles. The van der Waals surface area contributed by atoms with Crippen LogP contribution in [0.2, 0.25) is 5.02 Å². The molecule has 2 rings (SSSR count). The molecule has 0 aliphatic rings. The van der Waals surface area contributed by atoms with Gasteiger partial charge in [-0.1, -0.05) is 33.6 Å². The monoisotopic (exact) mass is 357 g/mol. The lowest BCUT2D eigenvalue weighted by molar-refractivity contribution is 0.299. The summed E-state index contributed by atoms with van der Waals surface area (Å²) in [5.74, 6) is 0.322. The Bertz CT molecular complexity index is 586. The van der Waals surface area contributed by atoms with Crippen LogP contribution in [-0.4, -0.2) is 7.05 Å². The minimum absolute atomic E-state index is 0.103. The van der Waals surface area contributed by atoms with Gasteiger partial charge in [0.25, 0.3) is 0 Å². The number of halogens is 3. The number of hydrogen-bond donors (Lipinski definition) is 1. The Labute approximate surface area is 131 Å². The highest BCUT2D eigenvalue weighted by Crippen LogP contribution is 2.25. The van der Waals surface area contributed by atoms with Crippen LogP contribution in [0.1, 0.15) is 11.1 Å². The van der Waals surface area contributed by atoms with E-state index in [9.17, 15) is 4.39 Å². The summed E-state index contributed by atoms with van der Waals surface area (Å²) in [7, 11) is 1.87. The summed E-state index contributed by atoms with van der Waals surface area (Å²) in [6.07, 6.45) is 0. The highest BCUT2D eigenvalue weighted by atomic mass is 79.9. The van der Waals surface area contributed by atoms with E-state index in [0.29, 0.717) is 16.3 Å². The zero-order chi connectivity index (χ0) is 14.5. The van der Waals surface area contributed by atoms with E-state index >= 15 is 0 Å². The van der Waals surface area contributed by atoms with E-state index in [2.05, 4.69) is 21.2 Å². The predicted molar refractivity (Wildman–Crippen MR) is 82.6 cm³/mol. The summed E-state index contributed by atoms with van der Waals surface area (Å²) in [5, 5.41) is 3.45. The summed E-state index contributed by atoms with van der Waals surface area (Å²) < 4.78 is 20.3. The third-order valence-electron chi connectivity index (χ3n) is 2.83. The van der Waals surface area contributed by atoms with Crippen molar-refractivity contribution >= 4 is 27.5 Å². The van der Waals surface area contributed by atoms with Crippen molar-refractivity contribution in [1.82, 2.24) is 5.32 Å². The smallest absolute Gasteiger partial charge is 0.131 e. The Kier molecular flexibility index (Phi) is 5.40. The van der Waals surface area contributed by atoms with Crippen molar-refractivity contribution in [2.24, 2.45) is 0 Å². The zero-order valence-corrected chi connectivity index (χ0v) is 13.3. The van der Waals surface area contributed by atoms with Crippen LogP contribution in [0.25, 0.3) is 0 Å². The maximum atomic E-state index is 13.6. The first kappa shape index (κ1) is 15.3. The molecule has 0 aliphatic heterocycles. The molecular weight excluding hydrogens is 345 g/mol. The van der Waals surface area contributed by atoms with Crippen molar-refractivity contribution in [2.75, 3.05) is 7.05 Å². The van der Waals surface area contributed by atoms with Crippen molar-refractivity contribution in [2.45, 2.75) is 13.2 Å². The highest BCUT2D eigenvalue weighted by molar-refractivity contribution is 9.10. The van der Waals surface area contributed by atoms with E-state index in [4.69, 9.17) is 16.3 Å². The molecule has 2 aromatic rings. The molecular formula is C15H14BrClFNO. The van der Waals surface area contributed by atoms with Crippen molar-refractivity contribution in [3.05, 3.63) is 62.8 Å².